The van der Waals surface area contributed by atoms with E-state index < -0.39 is 12.1 Å². The van der Waals surface area contributed by atoms with E-state index in [1.54, 1.807) is 26.8 Å². The number of nitrogens with zero attached hydrogens (tertiary/aromatic N) is 1. The number of carboxylic acid groups (broad SMARTS) is 1. The number of ether oxygens (including phenoxy) is 1. The molecule has 0 aliphatic heterocycles. The summed E-state index contributed by atoms with van der Waals surface area (Å²) in [7, 11) is 0. The Hall–Kier alpha value is -2.02. The van der Waals surface area contributed by atoms with E-state index in [4.69, 9.17) is 16.3 Å². The average molecular weight is 219 g/mol. The summed E-state index contributed by atoms with van der Waals surface area (Å²) in [6, 6.07) is 1.69. The fourth-order valence-corrected chi connectivity index (χ4v) is 1.35. The van der Waals surface area contributed by atoms with Crippen LogP contribution in [0.4, 0.5) is 0 Å². The molecule has 1 aromatic heterocycles. The SMILES string of the molecule is C#CC(C)Oc1nc(C)cc(C)c1C(=O)O. The molecule has 0 radical (unpaired) electrons. The van der Waals surface area contributed by atoms with Gasteiger partial charge in [-0.3, -0.25) is 0 Å². The van der Waals surface area contributed by atoms with E-state index in [2.05, 4.69) is 10.9 Å². The van der Waals surface area contributed by atoms with Gasteiger partial charge in [0.15, 0.2) is 6.10 Å². The number of carbonyl (C=O) groups is 1. The molecule has 0 bridgehead atoms. The van der Waals surface area contributed by atoms with Crippen molar-refractivity contribution in [3.63, 3.8) is 0 Å². The van der Waals surface area contributed by atoms with Crippen LogP contribution in [0.1, 0.15) is 28.5 Å². The Bertz CT molecular complexity index is 460. The molecule has 0 saturated carbocycles. The lowest BCUT2D eigenvalue weighted by molar-refractivity contribution is 0.0689. The Labute approximate surface area is 94.3 Å². The molecule has 1 atom stereocenters. The van der Waals surface area contributed by atoms with Crippen LogP contribution in [0.25, 0.3) is 0 Å². The summed E-state index contributed by atoms with van der Waals surface area (Å²) >= 11 is 0. The third-order valence-electron chi connectivity index (χ3n) is 2.05. The summed E-state index contributed by atoms with van der Waals surface area (Å²) < 4.78 is 5.29. The van der Waals surface area contributed by atoms with Crippen LogP contribution in [0.5, 0.6) is 5.88 Å². The van der Waals surface area contributed by atoms with Crippen LogP contribution in [0.3, 0.4) is 0 Å². The largest absolute Gasteiger partial charge is 0.477 e. The molecule has 84 valence electrons. The van der Waals surface area contributed by atoms with Gasteiger partial charge in [-0.25, -0.2) is 9.78 Å². The number of terminal acetylenes is 1. The van der Waals surface area contributed by atoms with Gasteiger partial charge in [0.25, 0.3) is 0 Å². The number of aryl methyl sites for hydroxylation is 2. The maximum atomic E-state index is 11.1. The summed E-state index contributed by atoms with van der Waals surface area (Å²) in [6.45, 7) is 5.13. The van der Waals surface area contributed by atoms with Crippen molar-refractivity contribution in [1.29, 1.82) is 0 Å². The molecule has 0 fully saturated rings. The van der Waals surface area contributed by atoms with E-state index in [1.165, 1.54) is 0 Å². The van der Waals surface area contributed by atoms with Gasteiger partial charge in [-0.2, -0.15) is 0 Å². The summed E-state index contributed by atoms with van der Waals surface area (Å²) in [5.74, 6) is 1.38. The number of pyridine rings is 1. The van der Waals surface area contributed by atoms with Gasteiger partial charge in [0.1, 0.15) is 5.56 Å². The highest BCUT2D eigenvalue weighted by Crippen LogP contribution is 2.21. The molecule has 0 aliphatic rings. The number of aromatic nitrogens is 1. The van der Waals surface area contributed by atoms with Crippen LogP contribution in [-0.4, -0.2) is 22.2 Å². The fourth-order valence-electron chi connectivity index (χ4n) is 1.35. The highest BCUT2D eigenvalue weighted by atomic mass is 16.5. The predicted octanol–water partition coefficient (Wildman–Crippen LogP) is 1.80. The van der Waals surface area contributed by atoms with Crippen LogP contribution < -0.4 is 4.74 Å². The standard InChI is InChI=1S/C12H13NO3/c1-5-9(4)16-11-10(12(14)15)7(2)6-8(3)13-11/h1,6,9H,2-4H3,(H,14,15). The molecule has 1 aromatic rings. The molecule has 0 spiro atoms. The van der Waals surface area contributed by atoms with Crippen LogP contribution in [0.15, 0.2) is 6.07 Å². The second-order valence-electron chi connectivity index (χ2n) is 3.49. The monoisotopic (exact) mass is 219 g/mol. The average Bonchev–Trinajstić information content (AvgIpc) is 2.15. The number of aromatic carboxylic acids is 1. The summed E-state index contributed by atoms with van der Waals surface area (Å²) in [5.41, 5.74) is 1.37. The van der Waals surface area contributed by atoms with E-state index in [1.807, 2.05) is 0 Å². The lowest BCUT2D eigenvalue weighted by atomic mass is 10.1. The minimum atomic E-state index is -1.07. The molecule has 1 heterocycles. The number of hydrogen-bond donors (Lipinski definition) is 1. The normalized spacial score (nSPS) is 11.6. The second kappa shape index (κ2) is 4.67. The Morgan fingerprint density at radius 1 is 1.62 bits per heavy atom. The predicted molar refractivity (Wildman–Crippen MR) is 59.6 cm³/mol. The zero-order valence-electron chi connectivity index (χ0n) is 9.44. The molecule has 16 heavy (non-hydrogen) atoms. The van der Waals surface area contributed by atoms with Gasteiger partial charge in [-0.15, -0.1) is 6.42 Å². The zero-order chi connectivity index (χ0) is 12.3. The third kappa shape index (κ3) is 2.51. The lowest BCUT2D eigenvalue weighted by Gasteiger charge is -2.12. The minimum Gasteiger partial charge on any atom is -0.477 e. The first kappa shape index (κ1) is 12.1. The molecule has 1 N–H and O–H groups in total. The highest BCUT2D eigenvalue weighted by molar-refractivity contribution is 5.91. The van der Waals surface area contributed by atoms with E-state index in [0.717, 1.165) is 0 Å². The first-order valence-electron chi connectivity index (χ1n) is 4.80. The molecule has 4 heteroatoms. The van der Waals surface area contributed by atoms with Gasteiger partial charge in [0, 0.05) is 5.69 Å². The Morgan fingerprint density at radius 2 is 2.25 bits per heavy atom. The quantitative estimate of drug-likeness (QED) is 0.787. The van der Waals surface area contributed by atoms with Gasteiger partial charge >= 0.3 is 5.97 Å². The fraction of sp³-hybridized carbons (Fsp3) is 0.333. The topological polar surface area (TPSA) is 59.4 Å². The van der Waals surface area contributed by atoms with Crippen LogP contribution in [-0.2, 0) is 0 Å². The Balaban J connectivity index is 3.25. The molecule has 0 amide bonds. The van der Waals surface area contributed by atoms with Gasteiger partial charge in [-0.1, -0.05) is 5.92 Å². The van der Waals surface area contributed by atoms with Crippen molar-refractivity contribution in [2.45, 2.75) is 26.9 Å². The number of carboxylic acids is 1. The summed E-state index contributed by atoms with van der Waals surface area (Å²) in [4.78, 5) is 15.1. The van der Waals surface area contributed by atoms with Gasteiger partial charge < -0.3 is 9.84 Å². The highest BCUT2D eigenvalue weighted by Gasteiger charge is 2.18. The molecule has 0 aliphatic carbocycles. The van der Waals surface area contributed by atoms with E-state index in [9.17, 15) is 4.79 Å². The van der Waals surface area contributed by atoms with Crippen LogP contribution in [0, 0.1) is 26.2 Å². The van der Waals surface area contributed by atoms with E-state index in [0.29, 0.717) is 11.3 Å². The Morgan fingerprint density at radius 3 is 2.75 bits per heavy atom. The van der Waals surface area contributed by atoms with Crippen molar-refractivity contribution < 1.29 is 14.6 Å². The van der Waals surface area contributed by atoms with Crippen molar-refractivity contribution in [3.8, 4) is 18.2 Å². The van der Waals surface area contributed by atoms with Crippen LogP contribution >= 0.6 is 0 Å². The number of rotatable bonds is 3. The zero-order valence-corrected chi connectivity index (χ0v) is 9.44. The Kier molecular flexibility index (Phi) is 3.51. The molecule has 1 unspecified atom stereocenters. The van der Waals surface area contributed by atoms with Crippen molar-refractivity contribution in [3.05, 3.63) is 22.9 Å². The summed E-state index contributed by atoms with van der Waals surface area (Å²) in [6.07, 6.45) is 4.66. The lowest BCUT2D eigenvalue weighted by Crippen LogP contribution is -2.14. The summed E-state index contributed by atoms with van der Waals surface area (Å²) in [5, 5.41) is 9.05. The van der Waals surface area contributed by atoms with Crippen molar-refractivity contribution >= 4 is 5.97 Å². The van der Waals surface area contributed by atoms with Gasteiger partial charge in [0.2, 0.25) is 5.88 Å². The van der Waals surface area contributed by atoms with Gasteiger partial charge in [0.05, 0.1) is 0 Å². The molecule has 0 saturated heterocycles. The molecule has 4 nitrogen and oxygen atoms in total. The molecular weight excluding hydrogens is 206 g/mol. The first-order valence-corrected chi connectivity index (χ1v) is 4.80. The molecular formula is C12H13NO3. The minimum absolute atomic E-state index is 0.0627. The van der Waals surface area contributed by atoms with Gasteiger partial charge in [-0.05, 0) is 32.4 Å². The third-order valence-corrected chi connectivity index (χ3v) is 2.05. The molecule has 0 aromatic carbocycles. The van der Waals surface area contributed by atoms with E-state index >= 15 is 0 Å². The maximum Gasteiger partial charge on any atom is 0.341 e. The van der Waals surface area contributed by atoms with Crippen LogP contribution in [0.2, 0.25) is 0 Å². The van der Waals surface area contributed by atoms with Crippen molar-refractivity contribution in [2.24, 2.45) is 0 Å². The molecule has 1 rings (SSSR count). The first-order chi connectivity index (χ1) is 7.45. The van der Waals surface area contributed by atoms with Crippen molar-refractivity contribution in [2.75, 3.05) is 0 Å². The maximum absolute atomic E-state index is 11.1. The van der Waals surface area contributed by atoms with Crippen molar-refractivity contribution in [1.82, 2.24) is 4.98 Å². The van der Waals surface area contributed by atoms with E-state index in [-0.39, 0.29) is 11.4 Å². The second-order valence-corrected chi connectivity index (χ2v) is 3.49. The smallest absolute Gasteiger partial charge is 0.341 e. The number of hydrogen-bond acceptors (Lipinski definition) is 3.